The molecule has 0 amide bonds. The lowest BCUT2D eigenvalue weighted by Gasteiger charge is -2.00. The van der Waals surface area contributed by atoms with Crippen molar-refractivity contribution in [3.05, 3.63) is 30.4 Å². The molecule has 5 heteroatoms. The van der Waals surface area contributed by atoms with Crippen LogP contribution in [0.4, 0.5) is 0 Å². The Balaban J connectivity index is 2.50. The molecule has 0 aromatic heterocycles. The molecule has 0 fully saturated rings. The average Bonchev–Trinajstić information content (AvgIpc) is 2.58. The SMILES string of the molecule is CCOC(=O)c1cnccc2ncnc1-2. The van der Waals surface area contributed by atoms with Gasteiger partial charge in [-0.25, -0.2) is 14.8 Å². The van der Waals surface area contributed by atoms with Crippen LogP contribution in [0.15, 0.2) is 24.8 Å². The first-order valence-corrected chi connectivity index (χ1v) is 4.54. The van der Waals surface area contributed by atoms with E-state index in [1.165, 1.54) is 12.5 Å². The smallest absolute Gasteiger partial charge is 0.341 e. The molecule has 2 aliphatic rings. The first kappa shape index (κ1) is 9.51. The van der Waals surface area contributed by atoms with Gasteiger partial charge in [0.25, 0.3) is 0 Å². The summed E-state index contributed by atoms with van der Waals surface area (Å²) in [5, 5.41) is 0. The number of hydrogen-bond donors (Lipinski definition) is 0. The van der Waals surface area contributed by atoms with Crippen molar-refractivity contribution < 1.29 is 9.53 Å². The van der Waals surface area contributed by atoms with E-state index in [2.05, 4.69) is 15.0 Å². The predicted molar refractivity (Wildman–Crippen MR) is 52.4 cm³/mol. The zero-order valence-corrected chi connectivity index (χ0v) is 8.17. The van der Waals surface area contributed by atoms with Crippen molar-refractivity contribution in [2.75, 3.05) is 6.61 Å². The van der Waals surface area contributed by atoms with Crippen LogP contribution in [0.5, 0.6) is 0 Å². The lowest BCUT2D eigenvalue weighted by Crippen LogP contribution is -2.05. The molecule has 2 aliphatic heterocycles. The molecule has 0 aromatic carbocycles. The minimum Gasteiger partial charge on any atom is -0.462 e. The Labute approximate surface area is 86.5 Å². The number of ether oxygens (including phenoxy) is 1. The average molecular weight is 203 g/mol. The number of nitrogens with zero attached hydrogens (tertiary/aromatic N) is 3. The van der Waals surface area contributed by atoms with Crippen LogP contribution in [0, 0.1) is 0 Å². The minimum atomic E-state index is -0.424. The molecule has 0 spiro atoms. The number of esters is 1. The van der Waals surface area contributed by atoms with E-state index in [1.807, 2.05) is 0 Å². The van der Waals surface area contributed by atoms with E-state index in [0.717, 1.165) is 0 Å². The Kier molecular flexibility index (Phi) is 2.53. The highest BCUT2D eigenvalue weighted by atomic mass is 16.5. The van der Waals surface area contributed by atoms with Crippen molar-refractivity contribution >= 4 is 5.97 Å². The second kappa shape index (κ2) is 4.00. The Morgan fingerprint density at radius 3 is 3.13 bits per heavy atom. The van der Waals surface area contributed by atoms with E-state index >= 15 is 0 Å². The van der Waals surface area contributed by atoms with Crippen LogP contribution in [0.2, 0.25) is 0 Å². The van der Waals surface area contributed by atoms with Crippen LogP contribution in [-0.4, -0.2) is 27.5 Å². The van der Waals surface area contributed by atoms with Gasteiger partial charge in [0.1, 0.15) is 17.6 Å². The molecular formula is C10H9N3O2. The van der Waals surface area contributed by atoms with E-state index in [4.69, 9.17) is 4.74 Å². The number of carbonyl (C=O) groups excluding carboxylic acids is 1. The van der Waals surface area contributed by atoms with Gasteiger partial charge >= 0.3 is 5.97 Å². The summed E-state index contributed by atoms with van der Waals surface area (Å²) in [5.74, 6) is -0.424. The maximum Gasteiger partial charge on any atom is 0.341 e. The molecular weight excluding hydrogens is 194 g/mol. The number of hydrogen-bond acceptors (Lipinski definition) is 5. The van der Waals surface area contributed by atoms with Crippen molar-refractivity contribution in [1.82, 2.24) is 15.0 Å². The summed E-state index contributed by atoms with van der Waals surface area (Å²) >= 11 is 0. The zero-order chi connectivity index (χ0) is 10.7. The highest BCUT2D eigenvalue weighted by molar-refractivity contribution is 5.95. The third-order valence-electron chi connectivity index (χ3n) is 1.90. The largest absolute Gasteiger partial charge is 0.462 e. The van der Waals surface area contributed by atoms with Gasteiger partial charge in [-0.15, -0.1) is 0 Å². The van der Waals surface area contributed by atoms with Crippen molar-refractivity contribution in [3.8, 4) is 11.4 Å². The van der Waals surface area contributed by atoms with E-state index in [1.54, 1.807) is 19.2 Å². The zero-order valence-electron chi connectivity index (χ0n) is 8.17. The van der Waals surface area contributed by atoms with Gasteiger partial charge in [-0.05, 0) is 13.0 Å². The van der Waals surface area contributed by atoms with Crippen LogP contribution in [-0.2, 0) is 4.74 Å². The van der Waals surface area contributed by atoms with E-state index in [0.29, 0.717) is 23.6 Å². The van der Waals surface area contributed by atoms with E-state index in [9.17, 15) is 4.79 Å². The van der Waals surface area contributed by atoms with Crippen LogP contribution >= 0.6 is 0 Å². The number of rotatable bonds is 2. The predicted octanol–water partition coefficient (Wildman–Crippen LogP) is 1.15. The van der Waals surface area contributed by atoms with Crippen LogP contribution in [0.3, 0.4) is 0 Å². The summed E-state index contributed by atoms with van der Waals surface area (Å²) in [6.07, 6.45) is 4.42. The van der Waals surface area contributed by atoms with Crippen LogP contribution in [0.1, 0.15) is 17.3 Å². The maximum atomic E-state index is 11.6. The summed E-state index contributed by atoms with van der Waals surface area (Å²) in [6.45, 7) is 2.08. The molecule has 76 valence electrons. The van der Waals surface area contributed by atoms with Gasteiger partial charge in [0, 0.05) is 12.4 Å². The fourth-order valence-corrected chi connectivity index (χ4v) is 1.26. The van der Waals surface area contributed by atoms with Gasteiger partial charge in [0.05, 0.1) is 12.3 Å². The Hall–Kier alpha value is -2.04. The Bertz CT molecular complexity index is 458. The normalized spacial score (nSPS) is 10.2. The van der Waals surface area contributed by atoms with Crippen molar-refractivity contribution in [3.63, 3.8) is 0 Å². The number of imidazole rings is 1. The number of fused-ring (bicyclic) bond motifs is 1. The first-order valence-electron chi connectivity index (χ1n) is 4.54. The van der Waals surface area contributed by atoms with Gasteiger partial charge in [0.15, 0.2) is 0 Å². The van der Waals surface area contributed by atoms with Crippen LogP contribution < -0.4 is 0 Å². The second-order valence-corrected chi connectivity index (χ2v) is 2.84. The quantitative estimate of drug-likeness (QED) is 0.685. The number of carbonyl (C=O) groups is 1. The van der Waals surface area contributed by atoms with Gasteiger partial charge in [-0.1, -0.05) is 0 Å². The topological polar surface area (TPSA) is 65.0 Å². The van der Waals surface area contributed by atoms with Crippen molar-refractivity contribution in [2.24, 2.45) is 0 Å². The lowest BCUT2D eigenvalue weighted by molar-refractivity contribution is 0.0526. The highest BCUT2D eigenvalue weighted by Gasteiger charge is 2.16. The summed E-state index contributed by atoms with van der Waals surface area (Å²) in [5.41, 5.74) is 1.50. The van der Waals surface area contributed by atoms with Crippen molar-refractivity contribution in [1.29, 1.82) is 0 Å². The molecule has 15 heavy (non-hydrogen) atoms. The third-order valence-corrected chi connectivity index (χ3v) is 1.90. The molecule has 5 nitrogen and oxygen atoms in total. The summed E-state index contributed by atoms with van der Waals surface area (Å²) < 4.78 is 4.90. The molecule has 0 saturated heterocycles. The molecule has 2 heterocycles. The fraction of sp³-hybridized carbons (Fsp3) is 0.200. The van der Waals surface area contributed by atoms with Crippen LogP contribution in [0.25, 0.3) is 11.4 Å². The molecule has 0 aliphatic carbocycles. The summed E-state index contributed by atoms with van der Waals surface area (Å²) in [7, 11) is 0. The Morgan fingerprint density at radius 2 is 2.33 bits per heavy atom. The molecule has 0 unspecified atom stereocenters. The van der Waals surface area contributed by atoms with Gasteiger partial charge in [0.2, 0.25) is 0 Å². The molecule has 0 aromatic rings. The maximum absolute atomic E-state index is 11.6. The van der Waals surface area contributed by atoms with Crippen molar-refractivity contribution in [2.45, 2.75) is 6.92 Å². The minimum absolute atomic E-state index is 0.326. The monoisotopic (exact) mass is 203 g/mol. The molecule has 0 atom stereocenters. The lowest BCUT2D eigenvalue weighted by atomic mass is 10.2. The van der Waals surface area contributed by atoms with Gasteiger partial charge in [-0.2, -0.15) is 0 Å². The standard InChI is InChI=1S/C10H9N3O2/c1-2-15-10(14)7-5-11-4-3-8-9(7)13-6-12-8/h3-6H,2H2,1H3. The third kappa shape index (κ3) is 1.76. The second-order valence-electron chi connectivity index (χ2n) is 2.84. The fourth-order valence-electron chi connectivity index (χ4n) is 1.26. The molecule has 0 radical (unpaired) electrons. The molecule has 2 rings (SSSR count). The Morgan fingerprint density at radius 1 is 1.47 bits per heavy atom. The molecule has 0 bridgehead atoms. The van der Waals surface area contributed by atoms with Gasteiger partial charge in [-0.3, -0.25) is 4.98 Å². The molecule has 0 N–H and O–H groups in total. The molecule has 0 saturated carbocycles. The van der Waals surface area contributed by atoms with E-state index in [-0.39, 0.29) is 0 Å². The highest BCUT2D eigenvalue weighted by Crippen LogP contribution is 2.19. The number of aromatic nitrogens is 3. The van der Waals surface area contributed by atoms with Gasteiger partial charge < -0.3 is 4.74 Å². The van der Waals surface area contributed by atoms with E-state index < -0.39 is 5.97 Å². The first-order chi connectivity index (χ1) is 7.33. The summed E-state index contributed by atoms with van der Waals surface area (Å²) in [6, 6.07) is 1.70. The summed E-state index contributed by atoms with van der Waals surface area (Å²) in [4.78, 5) is 23.5.